The normalized spacial score (nSPS) is 11.5. The number of fused-ring (bicyclic) bond motifs is 6. The molecule has 3 heteroatoms. The maximum absolute atomic E-state index is 6.33. The minimum atomic E-state index is 0.632. The average molecular weight is 589 g/mol. The van der Waals surface area contributed by atoms with Crippen molar-refractivity contribution in [2.45, 2.75) is 0 Å². The first-order valence-electron chi connectivity index (χ1n) is 15.5. The summed E-state index contributed by atoms with van der Waals surface area (Å²) in [7, 11) is 0. The van der Waals surface area contributed by atoms with E-state index < -0.39 is 0 Å². The molecule has 0 saturated carbocycles. The molecule has 0 amide bonds. The van der Waals surface area contributed by atoms with Gasteiger partial charge in [0.25, 0.3) is 0 Å². The van der Waals surface area contributed by atoms with E-state index in [0.717, 1.165) is 44.9 Å². The van der Waals surface area contributed by atoms with E-state index in [-0.39, 0.29) is 0 Å². The van der Waals surface area contributed by atoms with Gasteiger partial charge in [0.05, 0.1) is 0 Å². The molecular formula is C43H28N2O. The Hall–Kier alpha value is -6.19. The monoisotopic (exact) mass is 588 g/mol. The second-order valence-corrected chi connectivity index (χ2v) is 11.6. The molecule has 1 heterocycles. The quantitative estimate of drug-likeness (QED) is 0.187. The van der Waals surface area contributed by atoms with Gasteiger partial charge >= 0.3 is 0 Å². The molecule has 0 fully saturated rings. The molecule has 0 aliphatic heterocycles. The third kappa shape index (κ3) is 4.41. The maximum Gasteiger partial charge on any atom is 0.227 e. The van der Waals surface area contributed by atoms with Crippen LogP contribution in [0.1, 0.15) is 0 Å². The van der Waals surface area contributed by atoms with Crippen LogP contribution in [0.5, 0.6) is 0 Å². The Balaban J connectivity index is 1.13. The van der Waals surface area contributed by atoms with Crippen molar-refractivity contribution >= 4 is 60.5 Å². The molecule has 0 bridgehead atoms. The lowest BCUT2D eigenvalue weighted by Crippen LogP contribution is -2.09. The SMILES string of the molecule is c1ccc(-c2nc3cccc(-c4ccc(N(c5ccccc5)c5ccc6c(ccc7c8ccccc8ccc67)c5)cc4)c3o2)cc1. The van der Waals surface area contributed by atoms with Gasteiger partial charge in [-0.05, 0) is 92.5 Å². The number of rotatable bonds is 5. The molecule has 216 valence electrons. The zero-order chi connectivity index (χ0) is 30.5. The lowest BCUT2D eigenvalue weighted by Gasteiger charge is -2.26. The molecule has 0 radical (unpaired) electrons. The zero-order valence-electron chi connectivity index (χ0n) is 25.0. The van der Waals surface area contributed by atoms with E-state index in [1.807, 2.05) is 42.5 Å². The Bertz CT molecular complexity index is 2520. The van der Waals surface area contributed by atoms with Crippen LogP contribution in [-0.4, -0.2) is 4.98 Å². The van der Waals surface area contributed by atoms with E-state index in [0.29, 0.717) is 5.89 Å². The van der Waals surface area contributed by atoms with Crippen LogP contribution in [0.2, 0.25) is 0 Å². The molecule has 8 aromatic carbocycles. The number of hydrogen-bond acceptors (Lipinski definition) is 3. The summed E-state index contributed by atoms with van der Waals surface area (Å²) in [5, 5.41) is 7.58. The lowest BCUT2D eigenvalue weighted by molar-refractivity contribution is 0.621. The molecule has 0 aliphatic rings. The molecule has 9 aromatic rings. The molecule has 0 N–H and O–H groups in total. The Morgan fingerprint density at radius 2 is 1.04 bits per heavy atom. The molecule has 46 heavy (non-hydrogen) atoms. The number of nitrogens with zero attached hydrogens (tertiary/aromatic N) is 2. The summed E-state index contributed by atoms with van der Waals surface area (Å²) in [4.78, 5) is 7.09. The molecule has 0 spiro atoms. The molecule has 9 rings (SSSR count). The van der Waals surface area contributed by atoms with Crippen LogP contribution in [0.25, 0.3) is 66.0 Å². The van der Waals surface area contributed by atoms with Crippen LogP contribution in [-0.2, 0) is 0 Å². The first-order valence-corrected chi connectivity index (χ1v) is 15.5. The fourth-order valence-corrected chi connectivity index (χ4v) is 6.65. The predicted molar refractivity (Wildman–Crippen MR) is 192 cm³/mol. The van der Waals surface area contributed by atoms with Crippen LogP contribution >= 0.6 is 0 Å². The van der Waals surface area contributed by atoms with E-state index >= 15 is 0 Å². The first-order chi connectivity index (χ1) is 22.8. The van der Waals surface area contributed by atoms with Crippen LogP contribution < -0.4 is 4.90 Å². The van der Waals surface area contributed by atoms with Crippen LogP contribution in [0.4, 0.5) is 17.1 Å². The van der Waals surface area contributed by atoms with Gasteiger partial charge in [-0.3, -0.25) is 0 Å². The highest BCUT2D eigenvalue weighted by Crippen LogP contribution is 2.40. The summed E-state index contributed by atoms with van der Waals surface area (Å²) >= 11 is 0. The van der Waals surface area contributed by atoms with Crippen LogP contribution in [0, 0.1) is 0 Å². The molecular weight excluding hydrogens is 560 g/mol. The lowest BCUT2D eigenvalue weighted by atomic mass is 9.96. The van der Waals surface area contributed by atoms with E-state index in [1.165, 1.54) is 32.3 Å². The zero-order valence-corrected chi connectivity index (χ0v) is 25.0. The largest absolute Gasteiger partial charge is 0.435 e. The topological polar surface area (TPSA) is 29.3 Å². The molecule has 0 saturated heterocycles. The van der Waals surface area contributed by atoms with Crippen LogP contribution in [0.3, 0.4) is 0 Å². The second kappa shape index (κ2) is 10.8. The van der Waals surface area contributed by atoms with Crippen molar-refractivity contribution < 1.29 is 4.42 Å². The summed E-state index contributed by atoms with van der Waals surface area (Å²) in [5.41, 5.74) is 8.01. The number of oxazole rings is 1. The van der Waals surface area contributed by atoms with E-state index in [2.05, 4.69) is 132 Å². The van der Waals surface area contributed by atoms with Gasteiger partial charge < -0.3 is 9.32 Å². The summed E-state index contributed by atoms with van der Waals surface area (Å²) < 4.78 is 6.33. The summed E-state index contributed by atoms with van der Waals surface area (Å²) in [6.45, 7) is 0. The maximum atomic E-state index is 6.33. The minimum absolute atomic E-state index is 0.632. The van der Waals surface area contributed by atoms with Gasteiger partial charge in [0, 0.05) is 28.2 Å². The van der Waals surface area contributed by atoms with Gasteiger partial charge in [-0.2, -0.15) is 0 Å². The molecule has 0 aliphatic carbocycles. The third-order valence-electron chi connectivity index (χ3n) is 8.87. The van der Waals surface area contributed by atoms with Crippen molar-refractivity contribution in [3.8, 4) is 22.6 Å². The smallest absolute Gasteiger partial charge is 0.227 e. The van der Waals surface area contributed by atoms with Gasteiger partial charge in [-0.1, -0.05) is 115 Å². The molecule has 0 atom stereocenters. The third-order valence-corrected chi connectivity index (χ3v) is 8.87. The number of anilines is 3. The van der Waals surface area contributed by atoms with Gasteiger partial charge in [0.1, 0.15) is 5.52 Å². The van der Waals surface area contributed by atoms with Crippen molar-refractivity contribution in [3.05, 3.63) is 170 Å². The second-order valence-electron chi connectivity index (χ2n) is 11.6. The van der Waals surface area contributed by atoms with Crippen molar-refractivity contribution in [1.29, 1.82) is 0 Å². The molecule has 0 unspecified atom stereocenters. The number of benzene rings is 8. The highest BCUT2D eigenvalue weighted by atomic mass is 16.3. The van der Waals surface area contributed by atoms with E-state index in [4.69, 9.17) is 9.40 Å². The Kier molecular flexibility index (Phi) is 6.14. The number of para-hydroxylation sites is 2. The fourth-order valence-electron chi connectivity index (χ4n) is 6.65. The van der Waals surface area contributed by atoms with Crippen molar-refractivity contribution in [2.24, 2.45) is 0 Å². The Labute approximate surface area is 266 Å². The highest BCUT2D eigenvalue weighted by Gasteiger charge is 2.16. The van der Waals surface area contributed by atoms with Gasteiger partial charge in [0.15, 0.2) is 5.58 Å². The van der Waals surface area contributed by atoms with Crippen molar-refractivity contribution in [1.82, 2.24) is 4.98 Å². The molecule has 3 nitrogen and oxygen atoms in total. The molecule has 1 aromatic heterocycles. The van der Waals surface area contributed by atoms with Gasteiger partial charge in [-0.15, -0.1) is 0 Å². The van der Waals surface area contributed by atoms with Crippen molar-refractivity contribution in [3.63, 3.8) is 0 Å². The van der Waals surface area contributed by atoms with Crippen LogP contribution in [0.15, 0.2) is 174 Å². The predicted octanol–water partition coefficient (Wildman–Crippen LogP) is 12.1. The number of hydrogen-bond donors (Lipinski definition) is 0. The van der Waals surface area contributed by atoms with Gasteiger partial charge in [-0.25, -0.2) is 4.98 Å². The first kappa shape index (κ1) is 26.2. The number of aromatic nitrogens is 1. The Morgan fingerprint density at radius 1 is 0.413 bits per heavy atom. The van der Waals surface area contributed by atoms with E-state index in [9.17, 15) is 0 Å². The Morgan fingerprint density at radius 3 is 1.85 bits per heavy atom. The minimum Gasteiger partial charge on any atom is -0.435 e. The van der Waals surface area contributed by atoms with Crippen molar-refractivity contribution in [2.75, 3.05) is 4.90 Å². The van der Waals surface area contributed by atoms with E-state index in [1.54, 1.807) is 0 Å². The van der Waals surface area contributed by atoms with Gasteiger partial charge in [0.2, 0.25) is 5.89 Å². The average Bonchev–Trinajstić information content (AvgIpc) is 3.58. The summed E-state index contributed by atoms with van der Waals surface area (Å²) in [6.07, 6.45) is 0. The fraction of sp³-hybridized carbons (Fsp3) is 0. The highest BCUT2D eigenvalue weighted by molar-refractivity contribution is 6.17. The standard InChI is InChI=1S/C43H28N2O/c1-3-11-31(12-4-1)43-44-41-17-9-16-38(42(41)46-43)30-18-22-34(23-19-30)45(33-13-5-2-6-14-33)35-24-27-37-32(28-35)21-26-39-36-15-8-7-10-29(36)20-25-40(37)39/h1-28H. The summed E-state index contributed by atoms with van der Waals surface area (Å²) in [6, 6.07) is 59.9. The summed E-state index contributed by atoms with van der Waals surface area (Å²) in [5.74, 6) is 0.632.